The minimum atomic E-state index is -0.635. The van der Waals surface area contributed by atoms with Crippen LogP contribution < -0.4 is 4.90 Å². The number of nitrogens with zero attached hydrogens (tertiary/aromatic N) is 2. The second-order valence-corrected chi connectivity index (χ2v) is 6.36. The molecule has 0 bridgehead atoms. The lowest BCUT2D eigenvalue weighted by Gasteiger charge is -2.32. The third-order valence-corrected chi connectivity index (χ3v) is 4.85. The molecule has 0 amide bonds. The Morgan fingerprint density at radius 3 is 2.67 bits per heavy atom. The molecule has 21 heavy (non-hydrogen) atoms. The van der Waals surface area contributed by atoms with E-state index in [9.17, 15) is 9.50 Å². The summed E-state index contributed by atoms with van der Waals surface area (Å²) in [5.74, 6) is -0.276. The van der Waals surface area contributed by atoms with Gasteiger partial charge in [0.05, 0.1) is 6.10 Å². The second kappa shape index (κ2) is 6.32. The number of hydrogen-bond donors (Lipinski definition) is 1. The smallest absolute Gasteiger partial charge is 0.123 e. The molecule has 3 rings (SSSR count). The predicted molar refractivity (Wildman–Crippen MR) is 83.1 cm³/mol. The average Bonchev–Trinajstić information content (AvgIpc) is 2.97. The monoisotopic (exact) mass is 292 g/mol. The van der Waals surface area contributed by atoms with Crippen LogP contribution in [0.3, 0.4) is 0 Å². The molecule has 0 radical (unpaired) electrons. The first-order valence-corrected chi connectivity index (χ1v) is 8.11. The van der Waals surface area contributed by atoms with E-state index >= 15 is 0 Å². The molecule has 4 heteroatoms. The van der Waals surface area contributed by atoms with Crippen LogP contribution in [0.4, 0.5) is 10.1 Å². The lowest BCUT2D eigenvalue weighted by atomic mass is 10.1. The molecule has 0 spiro atoms. The Kier molecular flexibility index (Phi) is 4.45. The summed E-state index contributed by atoms with van der Waals surface area (Å²) in [7, 11) is 0. The zero-order chi connectivity index (χ0) is 14.8. The summed E-state index contributed by atoms with van der Waals surface area (Å²) in [6, 6.07) is 5.39. The molecule has 1 N–H and O–H groups in total. The molecule has 0 aromatic heterocycles. The van der Waals surface area contributed by atoms with E-state index < -0.39 is 6.10 Å². The quantitative estimate of drug-likeness (QED) is 0.928. The summed E-state index contributed by atoms with van der Waals surface area (Å²) in [6.07, 6.45) is 4.51. The highest BCUT2D eigenvalue weighted by atomic mass is 19.1. The van der Waals surface area contributed by atoms with Gasteiger partial charge in [-0.15, -0.1) is 0 Å². The van der Waals surface area contributed by atoms with Crippen molar-refractivity contribution in [1.29, 1.82) is 0 Å². The van der Waals surface area contributed by atoms with E-state index in [4.69, 9.17) is 0 Å². The maximum Gasteiger partial charge on any atom is 0.123 e. The first-order valence-electron chi connectivity index (χ1n) is 8.11. The second-order valence-electron chi connectivity index (χ2n) is 6.36. The molecule has 1 aromatic rings. The number of rotatable bonds is 3. The average molecular weight is 292 g/mol. The molecule has 2 aliphatic rings. The first-order chi connectivity index (χ1) is 10.1. The molecule has 2 atom stereocenters. The van der Waals surface area contributed by atoms with Crippen molar-refractivity contribution in [3.8, 4) is 0 Å². The van der Waals surface area contributed by atoms with Crippen LogP contribution in [-0.2, 0) is 0 Å². The summed E-state index contributed by atoms with van der Waals surface area (Å²) in [5.41, 5.74) is 1.69. The van der Waals surface area contributed by atoms with Gasteiger partial charge in [0.25, 0.3) is 0 Å². The van der Waals surface area contributed by atoms with E-state index in [2.05, 4.69) is 9.80 Å². The van der Waals surface area contributed by atoms with Gasteiger partial charge in [0, 0.05) is 30.4 Å². The van der Waals surface area contributed by atoms with Gasteiger partial charge in [0.2, 0.25) is 0 Å². The number of halogens is 1. The maximum atomic E-state index is 13.4. The Morgan fingerprint density at radius 2 is 1.95 bits per heavy atom. The van der Waals surface area contributed by atoms with Crippen LogP contribution in [0, 0.1) is 5.82 Å². The molecular weight excluding hydrogens is 267 g/mol. The number of likely N-dealkylation sites (tertiary alicyclic amines) is 1. The number of aliphatic hydroxyl groups is 1. The van der Waals surface area contributed by atoms with Crippen molar-refractivity contribution in [3.63, 3.8) is 0 Å². The lowest BCUT2D eigenvalue weighted by Crippen LogP contribution is -2.41. The number of piperidine rings is 1. The largest absolute Gasteiger partial charge is 0.389 e. The van der Waals surface area contributed by atoms with E-state index in [1.807, 2.05) is 6.07 Å². The molecule has 1 unspecified atom stereocenters. The third-order valence-electron chi connectivity index (χ3n) is 4.85. The molecule has 1 aromatic carbocycles. The molecule has 0 saturated carbocycles. The van der Waals surface area contributed by atoms with Gasteiger partial charge < -0.3 is 10.0 Å². The molecule has 2 heterocycles. The molecule has 0 aliphatic carbocycles. The summed E-state index contributed by atoms with van der Waals surface area (Å²) in [6.45, 7) is 6.12. The topological polar surface area (TPSA) is 26.7 Å². The molecule has 2 aliphatic heterocycles. The lowest BCUT2D eigenvalue weighted by molar-refractivity contribution is 0.174. The highest BCUT2D eigenvalue weighted by Gasteiger charge is 2.29. The zero-order valence-corrected chi connectivity index (χ0v) is 12.8. The normalized spacial score (nSPS) is 25.3. The summed E-state index contributed by atoms with van der Waals surface area (Å²) < 4.78 is 13.4. The number of hydrogen-bond acceptors (Lipinski definition) is 3. The maximum absolute atomic E-state index is 13.4. The minimum Gasteiger partial charge on any atom is -0.389 e. The Bertz CT molecular complexity index is 486. The van der Waals surface area contributed by atoms with E-state index in [0.29, 0.717) is 11.6 Å². The standard InChI is InChI=1S/C17H25FN2O/c1-13(21)16-11-14(18)5-6-17(16)20-10-7-15(12-20)19-8-3-2-4-9-19/h5-6,11,13,15,21H,2-4,7-10,12H2,1H3/t13-,15?/m0/s1. The highest BCUT2D eigenvalue weighted by Crippen LogP contribution is 2.31. The van der Waals surface area contributed by atoms with Crippen molar-refractivity contribution in [2.45, 2.75) is 44.8 Å². The Hall–Kier alpha value is -1.13. The van der Waals surface area contributed by atoms with Crippen LogP contribution >= 0.6 is 0 Å². The van der Waals surface area contributed by atoms with E-state index in [1.54, 1.807) is 6.92 Å². The Labute approximate surface area is 126 Å². The van der Waals surface area contributed by atoms with Gasteiger partial charge in [-0.3, -0.25) is 4.90 Å². The minimum absolute atomic E-state index is 0.276. The zero-order valence-electron chi connectivity index (χ0n) is 12.8. The fraction of sp³-hybridized carbons (Fsp3) is 0.647. The van der Waals surface area contributed by atoms with E-state index in [1.165, 1.54) is 44.5 Å². The summed E-state index contributed by atoms with van der Waals surface area (Å²) in [5, 5.41) is 9.90. The van der Waals surface area contributed by atoms with Crippen molar-refractivity contribution in [2.75, 3.05) is 31.1 Å². The molecule has 2 saturated heterocycles. The van der Waals surface area contributed by atoms with Crippen molar-refractivity contribution >= 4 is 5.69 Å². The van der Waals surface area contributed by atoms with Crippen molar-refractivity contribution in [2.24, 2.45) is 0 Å². The highest BCUT2D eigenvalue weighted by molar-refractivity contribution is 5.55. The molecular formula is C17H25FN2O. The van der Waals surface area contributed by atoms with Crippen molar-refractivity contribution in [1.82, 2.24) is 4.90 Å². The first kappa shape index (κ1) is 14.8. The van der Waals surface area contributed by atoms with E-state index in [-0.39, 0.29) is 5.82 Å². The molecule has 3 nitrogen and oxygen atoms in total. The van der Waals surface area contributed by atoms with Gasteiger partial charge in [-0.25, -0.2) is 4.39 Å². The Balaban J connectivity index is 1.73. The van der Waals surface area contributed by atoms with Gasteiger partial charge in [-0.1, -0.05) is 6.42 Å². The number of benzene rings is 1. The van der Waals surface area contributed by atoms with Gasteiger partial charge in [0.1, 0.15) is 5.82 Å². The molecule has 2 fully saturated rings. The van der Waals surface area contributed by atoms with Crippen LogP contribution in [0.2, 0.25) is 0 Å². The fourth-order valence-electron chi connectivity index (χ4n) is 3.69. The van der Waals surface area contributed by atoms with Crippen molar-refractivity contribution < 1.29 is 9.50 Å². The van der Waals surface area contributed by atoms with Crippen LogP contribution in [0.5, 0.6) is 0 Å². The van der Waals surface area contributed by atoms with Gasteiger partial charge in [-0.05, 0) is 57.5 Å². The Morgan fingerprint density at radius 1 is 1.19 bits per heavy atom. The van der Waals surface area contributed by atoms with Gasteiger partial charge in [0.15, 0.2) is 0 Å². The number of aliphatic hydroxyl groups excluding tert-OH is 1. The summed E-state index contributed by atoms with van der Waals surface area (Å²) in [4.78, 5) is 4.91. The van der Waals surface area contributed by atoms with Gasteiger partial charge >= 0.3 is 0 Å². The van der Waals surface area contributed by atoms with Crippen LogP contribution in [-0.4, -0.2) is 42.2 Å². The van der Waals surface area contributed by atoms with E-state index in [0.717, 1.165) is 25.2 Å². The SMILES string of the molecule is C[C@H](O)c1cc(F)ccc1N1CCC(N2CCCCC2)C1. The van der Waals surface area contributed by atoms with Crippen LogP contribution in [0.25, 0.3) is 0 Å². The fourth-order valence-corrected chi connectivity index (χ4v) is 3.69. The van der Waals surface area contributed by atoms with Crippen LogP contribution in [0.15, 0.2) is 18.2 Å². The predicted octanol–water partition coefficient (Wildman–Crippen LogP) is 2.94. The van der Waals surface area contributed by atoms with Gasteiger partial charge in [-0.2, -0.15) is 0 Å². The third kappa shape index (κ3) is 3.22. The summed E-state index contributed by atoms with van der Waals surface area (Å²) >= 11 is 0. The number of anilines is 1. The van der Waals surface area contributed by atoms with Crippen molar-refractivity contribution in [3.05, 3.63) is 29.6 Å². The van der Waals surface area contributed by atoms with Crippen LogP contribution in [0.1, 0.15) is 44.3 Å². The molecule has 116 valence electrons.